The van der Waals surface area contributed by atoms with Gasteiger partial charge in [0.05, 0.1) is 18.6 Å². The van der Waals surface area contributed by atoms with Gasteiger partial charge in [0.15, 0.2) is 0 Å². The second-order valence-corrected chi connectivity index (χ2v) is 23.2. The van der Waals surface area contributed by atoms with E-state index in [1.54, 1.807) is 88.4 Å². The topological polar surface area (TPSA) is 380 Å². The fourth-order valence-corrected chi connectivity index (χ4v) is 9.94. The first-order valence-electron chi connectivity index (χ1n) is 28.1. The Labute approximate surface area is 495 Å². The summed E-state index contributed by atoms with van der Waals surface area (Å²) in [6.45, 7) is 12.2. The molecule has 1 saturated heterocycles. The molecule has 3 rings (SSSR count). The molecule has 2 aromatic carbocycles. The molecular weight excluding hydrogens is 1110 g/mol. The van der Waals surface area contributed by atoms with Gasteiger partial charge in [0, 0.05) is 25.1 Å². The van der Waals surface area contributed by atoms with Gasteiger partial charge >= 0.3 is 5.97 Å². The lowest BCUT2D eigenvalue weighted by atomic mass is 9.96. The first kappa shape index (κ1) is 70.5. The van der Waals surface area contributed by atoms with E-state index in [2.05, 4.69) is 55.2 Å². The van der Waals surface area contributed by atoms with Gasteiger partial charge in [-0.25, -0.2) is 4.79 Å². The Morgan fingerprint density at radius 3 is 1.58 bits per heavy atom. The molecule has 83 heavy (non-hydrogen) atoms. The van der Waals surface area contributed by atoms with E-state index in [1.165, 1.54) is 23.6 Å². The number of nitrogens with two attached hydrogens (primary N) is 2. The van der Waals surface area contributed by atoms with Crippen LogP contribution in [0.2, 0.25) is 0 Å². The van der Waals surface area contributed by atoms with Gasteiger partial charge in [0.25, 0.3) is 0 Å². The molecular formula is C57H87N11O13S2. The number of thiol groups is 1. The third-order valence-electron chi connectivity index (χ3n) is 14.0. The van der Waals surface area contributed by atoms with Crippen LogP contribution < -0.4 is 54.0 Å². The molecule has 14 N–H and O–H groups in total. The largest absolute Gasteiger partial charge is 0.480 e. The highest BCUT2D eigenvalue weighted by molar-refractivity contribution is 7.98. The smallest absolute Gasteiger partial charge is 0.326 e. The lowest BCUT2D eigenvalue weighted by molar-refractivity contribution is -0.143. The van der Waals surface area contributed by atoms with Gasteiger partial charge in [-0.05, 0) is 79.9 Å². The van der Waals surface area contributed by atoms with Crippen molar-refractivity contribution in [2.45, 2.75) is 173 Å². The fraction of sp³-hybridized carbons (Fsp3) is 0.596. The van der Waals surface area contributed by atoms with Crippen molar-refractivity contribution in [2.24, 2.45) is 29.2 Å². The number of nitrogens with one attached hydrogen (secondary N) is 8. The number of thioether (sulfide) groups is 1. The van der Waals surface area contributed by atoms with Crippen molar-refractivity contribution in [3.8, 4) is 0 Å². The normalized spacial score (nSPS) is 17.1. The Hall–Kier alpha value is -6.77. The van der Waals surface area contributed by atoms with E-state index in [1.807, 2.05) is 20.1 Å². The number of aliphatic hydroxyl groups is 1. The minimum Gasteiger partial charge on any atom is -0.480 e. The van der Waals surface area contributed by atoms with E-state index >= 15 is 0 Å². The zero-order chi connectivity index (χ0) is 62.1. The van der Waals surface area contributed by atoms with Crippen LogP contribution in [-0.2, 0) is 65.6 Å². The predicted octanol–water partition coefficient (Wildman–Crippen LogP) is -0.170. The second-order valence-electron chi connectivity index (χ2n) is 21.9. The molecule has 12 atom stereocenters. The van der Waals surface area contributed by atoms with Crippen LogP contribution in [0.3, 0.4) is 0 Å². The van der Waals surface area contributed by atoms with Gasteiger partial charge in [-0.3, -0.25) is 47.9 Å². The van der Waals surface area contributed by atoms with Crippen LogP contribution in [0.4, 0.5) is 0 Å². The average Bonchev–Trinajstić information content (AvgIpc) is 3.95. The number of nitrogens with zero attached hydrogens (tertiary/aromatic N) is 1. The zero-order valence-electron chi connectivity index (χ0n) is 48.7. The number of aliphatic hydroxyl groups excluding tert-OH is 1. The van der Waals surface area contributed by atoms with Gasteiger partial charge in [-0.15, -0.1) is 0 Å². The van der Waals surface area contributed by atoms with E-state index in [-0.39, 0.29) is 56.4 Å². The number of primary amides is 1. The van der Waals surface area contributed by atoms with Crippen molar-refractivity contribution in [3.63, 3.8) is 0 Å². The Morgan fingerprint density at radius 1 is 0.627 bits per heavy atom. The maximum Gasteiger partial charge on any atom is 0.326 e. The van der Waals surface area contributed by atoms with Gasteiger partial charge in [-0.2, -0.15) is 24.4 Å². The van der Waals surface area contributed by atoms with Crippen LogP contribution in [0.5, 0.6) is 0 Å². The number of rotatable bonds is 35. The Bertz CT molecular complexity index is 2510. The molecule has 1 aliphatic rings. The Morgan fingerprint density at radius 2 is 1.08 bits per heavy atom. The summed E-state index contributed by atoms with van der Waals surface area (Å²) in [7, 11) is 0. The van der Waals surface area contributed by atoms with Crippen LogP contribution in [0.15, 0.2) is 60.7 Å². The van der Waals surface area contributed by atoms with Gasteiger partial charge in [-0.1, -0.05) is 109 Å². The maximum atomic E-state index is 14.3. The predicted molar refractivity (Wildman–Crippen MR) is 317 cm³/mol. The molecule has 0 radical (unpaired) electrons. The molecule has 0 unspecified atom stereocenters. The number of carboxylic acids is 1. The molecule has 0 aromatic heterocycles. The maximum absolute atomic E-state index is 14.3. The number of likely N-dealkylation sites (tertiary alicyclic amines) is 1. The van der Waals surface area contributed by atoms with Crippen LogP contribution in [0.25, 0.3) is 0 Å². The molecule has 26 heteroatoms. The van der Waals surface area contributed by atoms with Crippen molar-refractivity contribution in [2.75, 3.05) is 24.3 Å². The standard InChI is InChI=1S/C57H87N11O13S2/c1-9-33(6)46(66-48(71)37(58)22-24-83-8)56(79)68-23-16-21-44(68)54(77)62-38(25-31(2)3)49(72)61-41(29-45(59)70)51(74)65-43(30-82)53(76)60-40(28-36-19-14-11-15-20-36)52(75)67-47(34(7)69)55(78)63-39(27-35-17-12-10-13-18-35)50(73)64-42(57(80)81)26-32(4)5/h10-15,17-20,31-34,37-44,46-47,69,82H,9,16,21-30,58H2,1-8H3,(H2,59,70)(H,60,76)(H,61,72)(H,62,77)(H,63,78)(H,64,73)(H,65,74)(H,66,71)(H,67,75)(H,80,81)/t33-,34+,37-,38-,39-,40-,41-,42-,43-,44-,46-,47-/m0/s1. The monoisotopic (exact) mass is 1200 g/mol. The van der Waals surface area contributed by atoms with Gasteiger partial charge in [0.1, 0.15) is 54.4 Å². The van der Waals surface area contributed by atoms with E-state index in [0.29, 0.717) is 36.1 Å². The van der Waals surface area contributed by atoms with Crippen LogP contribution in [-0.4, -0.2) is 171 Å². The molecule has 24 nitrogen and oxygen atoms in total. The van der Waals surface area contributed by atoms with Crippen LogP contribution >= 0.6 is 24.4 Å². The van der Waals surface area contributed by atoms with Crippen molar-refractivity contribution >= 4 is 89.4 Å². The highest BCUT2D eigenvalue weighted by Crippen LogP contribution is 2.23. The van der Waals surface area contributed by atoms with Gasteiger partial charge < -0.3 is 69.1 Å². The zero-order valence-corrected chi connectivity index (χ0v) is 50.4. The Kier molecular flexibility index (Phi) is 30.1. The lowest BCUT2D eigenvalue weighted by Crippen LogP contribution is -2.62. The Balaban J connectivity index is 1.85. The molecule has 2 aromatic rings. The minimum absolute atomic E-state index is 0.0437. The van der Waals surface area contributed by atoms with Crippen molar-refractivity contribution in [1.29, 1.82) is 0 Å². The quantitative estimate of drug-likeness (QED) is 0.0399. The molecule has 1 aliphatic heterocycles. The summed E-state index contributed by atoms with van der Waals surface area (Å²) in [6.07, 6.45) is 0.991. The number of carbonyl (C=O) groups excluding carboxylic acids is 10. The molecule has 0 spiro atoms. The summed E-state index contributed by atoms with van der Waals surface area (Å²) in [5, 5.41) is 41.3. The lowest BCUT2D eigenvalue weighted by Gasteiger charge is -2.32. The summed E-state index contributed by atoms with van der Waals surface area (Å²) < 4.78 is 0. The number of amides is 10. The molecule has 10 amide bonds. The van der Waals surface area contributed by atoms with E-state index < -0.39 is 144 Å². The molecule has 0 saturated carbocycles. The van der Waals surface area contributed by atoms with Crippen LogP contribution in [0, 0.1) is 17.8 Å². The number of carbonyl (C=O) groups is 11. The summed E-state index contributed by atoms with van der Waals surface area (Å²) in [5.41, 5.74) is 12.8. The first-order chi connectivity index (χ1) is 39.2. The first-order valence-corrected chi connectivity index (χ1v) is 30.1. The third kappa shape index (κ3) is 23.4. The summed E-state index contributed by atoms with van der Waals surface area (Å²) in [5.74, 6) is -10.1. The number of aliphatic carboxylic acids is 1. The summed E-state index contributed by atoms with van der Waals surface area (Å²) in [6, 6.07) is 3.60. The van der Waals surface area contributed by atoms with Gasteiger partial charge in [0.2, 0.25) is 59.1 Å². The highest BCUT2D eigenvalue weighted by Gasteiger charge is 2.42. The number of benzene rings is 2. The van der Waals surface area contributed by atoms with E-state index in [4.69, 9.17) is 11.5 Å². The highest BCUT2D eigenvalue weighted by atomic mass is 32.2. The molecule has 1 heterocycles. The van der Waals surface area contributed by atoms with Crippen molar-refractivity contribution < 1.29 is 63.0 Å². The van der Waals surface area contributed by atoms with Crippen molar-refractivity contribution in [1.82, 2.24) is 47.4 Å². The minimum atomic E-state index is -1.74. The number of hydrogen-bond acceptors (Lipinski definition) is 15. The van der Waals surface area contributed by atoms with Crippen LogP contribution in [0.1, 0.15) is 105 Å². The summed E-state index contributed by atoms with van der Waals surface area (Å²) in [4.78, 5) is 152. The SMILES string of the molecule is CC[C@H](C)[C@H](NC(=O)[C@@H](N)CCSC)C(=O)N1CCC[C@H]1C(=O)N[C@@H](CC(C)C)C(=O)N[C@@H](CC(N)=O)C(=O)N[C@@H](CS)C(=O)N[C@@H](Cc1ccccc1)C(=O)N[C@H](C(=O)N[C@@H](Cc1ccccc1)C(=O)N[C@@H](CC(C)C)C(=O)O)[C@@H](C)O. The molecule has 0 aliphatic carbocycles. The number of carboxylic acid groups (broad SMARTS) is 1. The molecule has 0 bridgehead atoms. The summed E-state index contributed by atoms with van der Waals surface area (Å²) >= 11 is 5.81. The number of hydrogen-bond donors (Lipinski definition) is 13. The molecule has 1 fully saturated rings. The van der Waals surface area contributed by atoms with E-state index in [9.17, 15) is 63.0 Å². The van der Waals surface area contributed by atoms with Crippen molar-refractivity contribution in [3.05, 3.63) is 71.8 Å². The fourth-order valence-electron chi connectivity index (χ4n) is 9.20. The average molecular weight is 1200 g/mol. The third-order valence-corrected chi connectivity index (χ3v) is 15.0. The second kappa shape index (κ2) is 35.4. The van der Waals surface area contributed by atoms with E-state index in [0.717, 1.165) is 0 Å². The molecule has 460 valence electrons.